The molecule has 0 radical (unpaired) electrons. The van der Waals surface area contributed by atoms with Crippen LogP contribution in [-0.4, -0.2) is 52.9 Å². The first-order valence-corrected chi connectivity index (χ1v) is 11.6. The third kappa shape index (κ3) is 5.01. The van der Waals surface area contributed by atoms with Crippen LogP contribution < -0.4 is 4.90 Å². The van der Waals surface area contributed by atoms with E-state index in [-0.39, 0.29) is 5.78 Å². The molecule has 166 valence electrons. The fourth-order valence-corrected chi connectivity index (χ4v) is 4.63. The molecule has 1 aromatic carbocycles. The van der Waals surface area contributed by atoms with Crippen molar-refractivity contribution in [3.05, 3.63) is 48.0 Å². The number of H-pyrrole nitrogens is 1. The van der Waals surface area contributed by atoms with Crippen LogP contribution in [0.15, 0.2) is 41.1 Å². The van der Waals surface area contributed by atoms with Crippen molar-refractivity contribution in [1.82, 2.24) is 14.9 Å². The first-order valence-electron chi connectivity index (χ1n) is 11.6. The minimum atomic E-state index is 0.0536. The van der Waals surface area contributed by atoms with Crippen LogP contribution in [0.1, 0.15) is 56.2 Å². The van der Waals surface area contributed by atoms with Gasteiger partial charge in [0.15, 0.2) is 11.5 Å². The molecular weight excluding hydrogens is 388 g/mol. The van der Waals surface area contributed by atoms with Crippen molar-refractivity contribution in [3.8, 4) is 0 Å². The monoisotopic (exact) mass is 422 g/mol. The Kier molecular flexibility index (Phi) is 6.76. The summed E-state index contributed by atoms with van der Waals surface area (Å²) in [6.07, 6.45) is 7.15. The van der Waals surface area contributed by atoms with Crippen molar-refractivity contribution in [3.63, 3.8) is 0 Å². The number of benzene rings is 1. The number of carbonyl (C=O) groups is 1. The number of oxazole rings is 1. The number of aromatic amines is 1. The number of rotatable bonds is 9. The van der Waals surface area contributed by atoms with E-state index < -0.39 is 0 Å². The van der Waals surface area contributed by atoms with Gasteiger partial charge in [-0.05, 0) is 44.2 Å². The summed E-state index contributed by atoms with van der Waals surface area (Å²) in [5, 5.41) is 1.25. The van der Waals surface area contributed by atoms with Crippen LogP contribution in [0.25, 0.3) is 10.9 Å². The summed E-state index contributed by atoms with van der Waals surface area (Å²) < 4.78 is 5.91. The van der Waals surface area contributed by atoms with Gasteiger partial charge in [0.05, 0.1) is 6.20 Å². The van der Waals surface area contributed by atoms with Gasteiger partial charge >= 0.3 is 0 Å². The number of fused-ring (bicyclic) bond motifs is 1. The van der Waals surface area contributed by atoms with Crippen LogP contribution in [0.3, 0.4) is 0 Å². The summed E-state index contributed by atoms with van der Waals surface area (Å²) >= 11 is 0. The number of hydrogen-bond donors (Lipinski definition) is 1. The number of para-hydroxylation sites is 1. The second-order valence-electron chi connectivity index (χ2n) is 8.97. The van der Waals surface area contributed by atoms with E-state index in [1.807, 2.05) is 6.07 Å². The zero-order chi connectivity index (χ0) is 21.8. The molecule has 6 heteroatoms. The molecule has 1 atom stereocenters. The lowest BCUT2D eigenvalue weighted by Crippen LogP contribution is -2.49. The van der Waals surface area contributed by atoms with Gasteiger partial charge in [0.2, 0.25) is 0 Å². The third-order valence-corrected chi connectivity index (χ3v) is 6.44. The van der Waals surface area contributed by atoms with Gasteiger partial charge in [-0.1, -0.05) is 31.5 Å². The summed E-state index contributed by atoms with van der Waals surface area (Å²) in [6, 6.07) is 9.48. The quantitative estimate of drug-likeness (QED) is 0.496. The minimum Gasteiger partial charge on any atom is -0.420 e. The first kappa shape index (κ1) is 21.6. The molecule has 0 aliphatic carbocycles. The molecule has 1 N–H and O–H groups in total. The van der Waals surface area contributed by atoms with Gasteiger partial charge in [0, 0.05) is 55.7 Å². The van der Waals surface area contributed by atoms with E-state index in [1.165, 1.54) is 10.9 Å². The SMILES string of the molecule is CCCC(CC(=O)c1cnc(N2CCN(C(C)C)CC2)o1)Cc1c[nH]c2ccccc12. The maximum atomic E-state index is 13.0. The molecule has 31 heavy (non-hydrogen) atoms. The molecule has 0 amide bonds. The van der Waals surface area contributed by atoms with Crippen molar-refractivity contribution < 1.29 is 9.21 Å². The van der Waals surface area contributed by atoms with Gasteiger partial charge < -0.3 is 14.3 Å². The van der Waals surface area contributed by atoms with Crippen LogP contribution in [0, 0.1) is 5.92 Å². The maximum Gasteiger partial charge on any atom is 0.297 e. The third-order valence-electron chi connectivity index (χ3n) is 6.44. The second-order valence-corrected chi connectivity index (χ2v) is 8.97. The van der Waals surface area contributed by atoms with E-state index in [4.69, 9.17) is 4.42 Å². The highest BCUT2D eigenvalue weighted by Gasteiger charge is 2.24. The molecule has 0 bridgehead atoms. The highest BCUT2D eigenvalue weighted by atomic mass is 16.4. The number of nitrogens with one attached hydrogen (secondary N) is 1. The molecule has 0 spiro atoms. The molecule has 6 nitrogen and oxygen atoms in total. The minimum absolute atomic E-state index is 0.0536. The van der Waals surface area contributed by atoms with E-state index >= 15 is 0 Å². The lowest BCUT2D eigenvalue weighted by Gasteiger charge is -2.36. The van der Waals surface area contributed by atoms with E-state index in [0.717, 1.165) is 51.0 Å². The van der Waals surface area contributed by atoms with Gasteiger partial charge in [-0.15, -0.1) is 0 Å². The Labute approximate surface area is 184 Å². The van der Waals surface area contributed by atoms with Crippen LogP contribution in [-0.2, 0) is 6.42 Å². The molecular formula is C25H34N4O2. The van der Waals surface area contributed by atoms with E-state index in [9.17, 15) is 4.79 Å². The number of piperazine rings is 1. The highest BCUT2D eigenvalue weighted by Crippen LogP contribution is 2.26. The number of carbonyl (C=O) groups excluding carboxylic acids is 1. The van der Waals surface area contributed by atoms with Crippen molar-refractivity contribution >= 4 is 22.7 Å². The molecule has 1 fully saturated rings. The Balaban J connectivity index is 1.39. The van der Waals surface area contributed by atoms with E-state index in [2.05, 4.69) is 64.9 Å². The Morgan fingerprint density at radius 3 is 2.71 bits per heavy atom. The number of Topliss-reactive ketones (excluding diaryl/α,β-unsaturated/α-hetero) is 1. The zero-order valence-electron chi connectivity index (χ0n) is 18.9. The van der Waals surface area contributed by atoms with Crippen LogP contribution in [0.4, 0.5) is 6.01 Å². The van der Waals surface area contributed by atoms with Crippen molar-refractivity contribution in [1.29, 1.82) is 0 Å². The number of anilines is 1. The standard InChI is InChI=1S/C25H34N4O2/c1-4-7-19(14-20-16-26-22-9-6-5-8-21(20)22)15-23(30)24-17-27-25(31-24)29-12-10-28(11-13-29)18(2)3/h5-6,8-9,16-19,26H,4,7,10-15H2,1-3H3. The normalized spacial score (nSPS) is 16.3. The molecule has 1 aliphatic rings. The fraction of sp³-hybridized carbons (Fsp3) is 0.520. The van der Waals surface area contributed by atoms with Crippen molar-refractivity contribution in [2.75, 3.05) is 31.1 Å². The topological polar surface area (TPSA) is 65.4 Å². The van der Waals surface area contributed by atoms with E-state index in [1.54, 1.807) is 6.20 Å². The van der Waals surface area contributed by atoms with E-state index in [0.29, 0.717) is 30.2 Å². The smallest absolute Gasteiger partial charge is 0.297 e. The predicted octanol–water partition coefficient (Wildman–Crippen LogP) is 4.92. The van der Waals surface area contributed by atoms with Gasteiger partial charge in [0.1, 0.15) is 0 Å². The van der Waals surface area contributed by atoms with Crippen molar-refractivity contribution in [2.24, 2.45) is 5.92 Å². The number of ketones is 1. The lowest BCUT2D eigenvalue weighted by atomic mass is 9.90. The maximum absolute atomic E-state index is 13.0. The first-order chi connectivity index (χ1) is 15.0. The highest BCUT2D eigenvalue weighted by molar-refractivity contribution is 5.93. The number of hydrogen-bond acceptors (Lipinski definition) is 5. The van der Waals surface area contributed by atoms with Crippen molar-refractivity contribution in [2.45, 2.75) is 52.5 Å². The van der Waals surface area contributed by atoms with Gasteiger partial charge in [-0.25, -0.2) is 4.98 Å². The lowest BCUT2D eigenvalue weighted by molar-refractivity contribution is 0.0931. The van der Waals surface area contributed by atoms with Crippen LogP contribution in [0.5, 0.6) is 0 Å². The molecule has 0 saturated carbocycles. The fourth-order valence-electron chi connectivity index (χ4n) is 4.63. The Hall–Kier alpha value is -2.60. The summed E-state index contributed by atoms with van der Waals surface area (Å²) in [4.78, 5) is 25.3. The largest absolute Gasteiger partial charge is 0.420 e. The summed E-state index contributed by atoms with van der Waals surface area (Å²) in [5.41, 5.74) is 2.43. The average molecular weight is 423 g/mol. The molecule has 2 aromatic heterocycles. The average Bonchev–Trinajstić information content (AvgIpc) is 3.42. The Morgan fingerprint density at radius 2 is 1.97 bits per heavy atom. The van der Waals surface area contributed by atoms with Gasteiger partial charge in [0.25, 0.3) is 6.01 Å². The van der Waals surface area contributed by atoms with Gasteiger partial charge in [-0.3, -0.25) is 9.69 Å². The van der Waals surface area contributed by atoms with Crippen LogP contribution >= 0.6 is 0 Å². The summed E-state index contributed by atoms with van der Waals surface area (Å²) in [7, 11) is 0. The molecule has 3 aromatic rings. The Bertz CT molecular complexity index is 998. The molecule has 4 rings (SSSR count). The second kappa shape index (κ2) is 9.69. The van der Waals surface area contributed by atoms with Gasteiger partial charge in [-0.2, -0.15) is 0 Å². The number of aromatic nitrogens is 2. The summed E-state index contributed by atoms with van der Waals surface area (Å²) in [6.45, 7) is 10.4. The predicted molar refractivity (Wildman–Crippen MR) is 125 cm³/mol. The molecule has 3 heterocycles. The molecule has 1 saturated heterocycles. The summed E-state index contributed by atoms with van der Waals surface area (Å²) in [5.74, 6) is 0.735. The molecule has 1 unspecified atom stereocenters. The zero-order valence-corrected chi connectivity index (χ0v) is 18.9. The number of nitrogens with zero attached hydrogens (tertiary/aromatic N) is 3. The molecule has 1 aliphatic heterocycles. The Morgan fingerprint density at radius 1 is 1.19 bits per heavy atom. The van der Waals surface area contributed by atoms with Crippen LogP contribution in [0.2, 0.25) is 0 Å².